The van der Waals surface area contributed by atoms with Crippen LogP contribution >= 0.6 is 0 Å². The van der Waals surface area contributed by atoms with Crippen molar-refractivity contribution in [2.24, 2.45) is 0 Å². The summed E-state index contributed by atoms with van der Waals surface area (Å²) in [6.45, 7) is 6.61. The molecular formula is C16H21N3. The van der Waals surface area contributed by atoms with Crippen molar-refractivity contribution < 1.29 is 0 Å². The van der Waals surface area contributed by atoms with Gasteiger partial charge in [-0.05, 0) is 18.1 Å². The summed E-state index contributed by atoms with van der Waals surface area (Å²) < 4.78 is 0. The van der Waals surface area contributed by atoms with Crippen molar-refractivity contribution in [2.75, 3.05) is 19.6 Å². The van der Waals surface area contributed by atoms with Gasteiger partial charge in [-0.15, -0.1) is 0 Å². The predicted molar refractivity (Wildman–Crippen MR) is 79.1 cm³/mol. The molecule has 0 saturated carbocycles. The lowest BCUT2D eigenvalue weighted by atomic mass is 10.1. The highest BCUT2D eigenvalue weighted by Gasteiger charge is 2.18. The largest absolute Gasteiger partial charge is 0.311 e. The van der Waals surface area contributed by atoms with Gasteiger partial charge in [-0.2, -0.15) is 0 Å². The zero-order chi connectivity index (χ0) is 13.1. The first-order valence-electron chi connectivity index (χ1n) is 7.15. The Balaban J connectivity index is 1.81. The van der Waals surface area contributed by atoms with Crippen LogP contribution in [-0.2, 0) is 6.54 Å². The molecule has 1 N–H and O–H groups in total. The van der Waals surface area contributed by atoms with Gasteiger partial charge in [0, 0.05) is 43.8 Å². The van der Waals surface area contributed by atoms with Gasteiger partial charge in [0.2, 0.25) is 0 Å². The lowest BCUT2D eigenvalue weighted by molar-refractivity contribution is 0.190. The summed E-state index contributed by atoms with van der Waals surface area (Å²) in [6, 6.07) is 11.3. The number of aromatic nitrogens is 1. The van der Waals surface area contributed by atoms with Gasteiger partial charge in [-0.25, -0.2) is 0 Å². The Morgan fingerprint density at radius 3 is 3.11 bits per heavy atom. The number of benzene rings is 1. The van der Waals surface area contributed by atoms with E-state index in [1.807, 2.05) is 12.3 Å². The molecule has 0 amide bonds. The van der Waals surface area contributed by atoms with E-state index in [-0.39, 0.29) is 0 Å². The number of nitrogens with zero attached hydrogens (tertiary/aromatic N) is 2. The average Bonchev–Trinajstić information content (AvgIpc) is 2.48. The van der Waals surface area contributed by atoms with E-state index >= 15 is 0 Å². The minimum Gasteiger partial charge on any atom is -0.311 e. The van der Waals surface area contributed by atoms with Crippen molar-refractivity contribution in [3.05, 3.63) is 42.1 Å². The Kier molecular flexibility index (Phi) is 3.76. The van der Waals surface area contributed by atoms with Gasteiger partial charge in [-0.3, -0.25) is 9.88 Å². The minimum absolute atomic E-state index is 0.636. The Morgan fingerprint density at radius 2 is 2.21 bits per heavy atom. The van der Waals surface area contributed by atoms with Crippen LogP contribution in [0.2, 0.25) is 0 Å². The number of para-hydroxylation sites is 1. The van der Waals surface area contributed by atoms with Gasteiger partial charge in [0.15, 0.2) is 0 Å². The second-order valence-corrected chi connectivity index (χ2v) is 5.29. The molecule has 0 spiro atoms. The van der Waals surface area contributed by atoms with Gasteiger partial charge in [0.05, 0.1) is 5.52 Å². The lowest BCUT2D eigenvalue weighted by Gasteiger charge is -2.33. The van der Waals surface area contributed by atoms with Crippen LogP contribution in [-0.4, -0.2) is 35.6 Å². The molecule has 1 saturated heterocycles. The molecule has 0 bridgehead atoms. The van der Waals surface area contributed by atoms with Gasteiger partial charge in [0.25, 0.3) is 0 Å². The van der Waals surface area contributed by atoms with Crippen LogP contribution < -0.4 is 5.32 Å². The Morgan fingerprint density at radius 1 is 1.32 bits per heavy atom. The SMILES string of the molecule is CCC1CN(Cc2cccc3cccnc23)CCN1. The maximum absolute atomic E-state index is 4.54. The molecule has 2 heterocycles. The number of nitrogens with one attached hydrogen (secondary N) is 1. The van der Waals surface area contributed by atoms with Gasteiger partial charge in [-0.1, -0.05) is 31.2 Å². The first kappa shape index (κ1) is 12.6. The molecule has 0 radical (unpaired) electrons. The van der Waals surface area contributed by atoms with E-state index in [1.165, 1.54) is 17.4 Å². The maximum atomic E-state index is 4.54. The molecule has 1 aromatic heterocycles. The van der Waals surface area contributed by atoms with Crippen molar-refractivity contribution in [3.63, 3.8) is 0 Å². The van der Waals surface area contributed by atoms with Crippen LogP contribution in [0.15, 0.2) is 36.5 Å². The molecule has 1 aliphatic rings. The average molecular weight is 255 g/mol. The number of pyridine rings is 1. The third-order valence-corrected chi connectivity index (χ3v) is 3.94. The highest BCUT2D eigenvalue weighted by atomic mass is 15.2. The number of hydrogen-bond acceptors (Lipinski definition) is 3. The van der Waals surface area contributed by atoms with Crippen molar-refractivity contribution in [2.45, 2.75) is 25.9 Å². The molecule has 1 unspecified atom stereocenters. The third-order valence-electron chi connectivity index (χ3n) is 3.94. The molecule has 100 valence electrons. The molecular weight excluding hydrogens is 234 g/mol. The summed E-state index contributed by atoms with van der Waals surface area (Å²) in [7, 11) is 0. The molecule has 1 aromatic carbocycles. The zero-order valence-corrected chi connectivity index (χ0v) is 11.5. The molecule has 19 heavy (non-hydrogen) atoms. The zero-order valence-electron chi connectivity index (χ0n) is 11.5. The van der Waals surface area contributed by atoms with Crippen molar-refractivity contribution in [3.8, 4) is 0 Å². The van der Waals surface area contributed by atoms with E-state index in [0.29, 0.717) is 6.04 Å². The first-order chi connectivity index (χ1) is 9.36. The van der Waals surface area contributed by atoms with Crippen LogP contribution in [0.25, 0.3) is 10.9 Å². The van der Waals surface area contributed by atoms with Crippen LogP contribution in [0.4, 0.5) is 0 Å². The van der Waals surface area contributed by atoms with Crippen molar-refractivity contribution in [1.29, 1.82) is 0 Å². The Bertz CT molecular complexity index is 547. The highest BCUT2D eigenvalue weighted by molar-refractivity contribution is 5.81. The van der Waals surface area contributed by atoms with E-state index in [2.05, 4.69) is 46.4 Å². The van der Waals surface area contributed by atoms with E-state index in [0.717, 1.165) is 31.7 Å². The Labute approximate surface area is 114 Å². The predicted octanol–water partition coefficient (Wildman–Crippen LogP) is 2.42. The van der Waals surface area contributed by atoms with Gasteiger partial charge >= 0.3 is 0 Å². The summed E-state index contributed by atoms with van der Waals surface area (Å²) in [5, 5.41) is 4.80. The maximum Gasteiger partial charge on any atom is 0.0746 e. The van der Waals surface area contributed by atoms with E-state index in [1.54, 1.807) is 0 Å². The number of hydrogen-bond donors (Lipinski definition) is 1. The fourth-order valence-electron chi connectivity index (χ4n) is 2.85. The Hall–Kier alpha value is -1.45. The monoisotopic (exact) mass is 255 g/mol. The molecule has 3 rings (SSSR count). The normalized spacial score (nSPS) is 20.8. The minimum atomic E-state index is 0.636. The second-order valence-electron chi connectivity index (χ2n) is 5.29. The summed E-state index contributed by atoms with van der Waals surface area (Å²) in [5.41, 5.74) is 2.49. The van der Waals surface area contributed by atoms with E-state index in [4.69, 9.17) is 0 Å². The summed E-state index contributed by atoms with van der Waals surface area (Å²) in [6.07, 6.45) is 3.09. The van der Waals surface area contributed by atoms with Crippen molar-refractivity contribution >= 4 is 10.9 Å². The molecule has 1 aliphatic heterocycles. The molecule has 0 aliphatic carbocycles. The fourth-order valence-corrected chi connectivity index (χ4v) is 2.85. The van der Waals surface area contributed by atoms with Crippen LogP contribution in [0, 0.1) is 0 Å². The molecule has 2 aromatic rings. The fraction of sp³-hybridized carbons (Fsp3) is 0.438. The lowest BCUT2D eigenvalue weighted by Crippen LogP contribution is -2.49. The van der Waals surface area contributed by atoms with Gasteiger partial charge < -0.3 is 5.32 Å². The van der Waals surface area contributed by atoms with Crippen LogP contribution in [0.3, 0.4) is 0 Å². The smallest absolute Gasteiger partial charge is 0.0746 e. The van der Waals surface area contributed by atoms with E-state index in [9.17, 15) is 0 Å². The molecule has 1 fully saturated rings. The van der Waals surface area contributed by atoms with Crippen molar-refractivity contribution in [1.82, 2.24) is 15.2 Å². The topological polar surface area (TPSA) is 28.2 Å². The molecule has 1 atom stereocenters. The number of piperazine rings is 1. The van der Waals surface area contributed by atoms with E-state index < -0.39 is 0 Å². The third kappa shape index (κ3) is 2.77. The molecule has 3 nitrogen and oxygen atoms in total. The van der Waals surface area contributed by atoms with Crippen LogP contribution in [0.5, 0.6) is 0 Å². The summed E-state index contributed by atoms with van der Waals surface area (Å²) >= 11 is 0. The van der Waals surface area contributed by atoms with Gasteiger partial charge in [0.1, 0.15) is 0 Å². The summed E-state index contributed by atoms with van der Waals surface area (Å²) in [4.78, 5) is 7.08. The highest BCUT2D eigenvalue weighted by Crippen LogP contribution is 2.18. The molecule has 3 heteroatoms. The summed E-state index contributed by atoms with van der Waals surface area (Å²) in [5.74, 6) is 0. The quantitative estimate of drug-likeness (QED) is 0.913. The first-order valence-corrected chi connectivity index (χ1v) is 7.15. The van der Waals surface area contributed by atoms with Crippen LogP contribution in [0.1, 0.15) is 18.9 Å². The number of rotatable bonds is 3. The second kappa shape index (κ2) is 5.68. The standard InChI is InChI=1S/C16H21N3/c1-2-15-12-19(10-9-17-15)11-14-6-3-5-13-7-4-8-18-16(13)14/h3-8,15,17H,2,9-12H2,1H3. The number of fused-ring (bicyclic) bond motifs is 1.